The molecule has 0 spiro atoms. The molecule has 0 saturated heterocycles. The molecule has 1 N–H and O–H groups in total. The number of hydrogen-bond acceptors (Lipinski definition) is 4. The molecule has 4 nitrogen and oxygen atoms in total. The Kier molecular flexibility index (Phi) is 10.0. The molecule has 0 saturated carbocycles. The molecular weight excluding hydrogens is 340 g/mol. The number of aromatic hydroxyl groups is 1. The zero-order valence-corrected chi connectivity index (χ0v) is 17.2. The van der Waals surface area contributed by atoms with Crippen LogP contribution in [-0.2, 0) is 4.74 Å². The highest BCUT2D eigenvalue weighted by atomic mass is 16.5. The number of allylic oxidation sites excluding steroid dienone is 5. The Morgan fingerprint density at radius 3 is 2.22 bits per heavy atom. The van der Waals surface area contributed by atoms with Crippen molar-refractivity contribution in [1.82, 2.24) is 0 Å². The summed E-state index contributed by atoms with van der Waals surface area (Å²) in [7, 11) is 1.28. The lowest BCUT2D eigenvalue weighted by Crippen LogP contribution is -2.02. The summed E-state index contributed by atoms with van der Waals surface area (Å²) in [5.41, 5.74) is 4.19. The van der Waals surface area contributed by atoms with Gasteiger partial charge in [-0.3, -0.25) is 0 Å². The monoisotopic (exact) mass is 372 g/mol. The Bertz CT molecular complexity index is 707. The molecule has 0 heterocycles. The zero-order valence-electron chi connectivity index (χ0n) is 17.2. The van der Waals surface area contributed by atoms with Crippen molar-refractivity contribution in [3.8, 4) is 11.5 Å². The molecule has 1 aromatic carbocycles. The van der Waals surface area contributed by atoms with E-state index in [2.05, 4.69) is 44.6 Å². The van der Waals surface area contributed by atoms with E-state index in [0.29, 0.717) is 12.4 Å². The van der Waals surface area contributed by atoms with Crippen molar-refractivity contribution in [2.45, 2.75) is 53.4 Å². The number of ether oxygens (including phenoxy) is 2. The first-order chi connectivity index (χ1) is 12.8. The highest BCUT2D eigenvalue weighted by Gasteiger charge is 2.11. The summed E-state index contributed by atoms with van der Waals surface area (Å²) in [5, 5.41) is 9.86. The predicted octanol–water partition coefficient (Wildman–Crippen LogP) is 5.98. The molecule has 0 aliphatic rings. The molecule has 0 fully saturated rings. The molecule has 0 aliphatic carbocycles. The van der Waals surface area contributed by atoms with Crippen molar-refractivity contribution in [1.29, 1.82) is 0 Å². The smallest absolute Gasteiger partial charge is 0.341 e. The maximum atomic E-state index is 11.4. The first-order valence-electron chi connectivity index (χ1n) is 9.32. The van der Waals surface area contributed by atoms with Gasteiger partial charge in [-0.2, -0.15) is 0 Å². The largest absolute Gasteiger partial charge is 0.507 e. The first kappa shape index (κ1) is 22.6. The summed E-state index contributed by atoms with van der Waals surface area (Å²) >= 11 is 0. The van der Waals surface area contributed by atoms with Crippen LogP contribution in [0.3, 0.4) is 0 Å². The van der Waals surface area contributed by atoms with Crippen LogP contribution in [-0.4, -0.2) is 24.8 Å². The SMILES string of the molecule is COC(=O)c1ccc(OC/C=C(\C)CC/C=C(\C)CCC=C(C)C)cc1O. The summed E-state index contributed by atoms with van der Waals surface area (Å²) in [6, 6.07) is 4.57. The third kappa shape index (κ3) is 9.13. The second kappa shape index (κ2) is 12.0. The van der Waals surface area contributed by atoms with Gasteiger partial charge in [-0.15, -0.1) is 0 Å². The Labute approximate surface area is 163 Å². The number of benzene rings is 1. The van der Waals surface area contributed by atoms with Crippen LogP contribution in [0.2, 0.25) is 0 Å². The molecule has 0 bridgehead atoms. The fraction of sp³-hybridized carbons (Fsp3) is 0.435. The number of phenols is 1. The average molecular weight is 373 g/mol. The van der Waals surface area contributed by atoms with Gasteiger partial charge in [-0.25, -0.2) is 4.79 Å². The van der Waals surface area contributed by atoms with E-state index in [-0.39, 0.29) is 11.3 Å². The topological polar surface area (TPSA) is 55.8 Å². The lowest BCUT2D eigenvalue weighted by molar-refractivity contribution is 0.0597. The molecular formula is C23H32O4. The average Bonchev–Trinajstić information content (AvgIpc) is 2.61. The van der Waals surface area contributed by atoms with Crippen molar-refractivity contribution in [3.05, 3.63) is 58.7 Å². The standard InChI is InChI=1S/C23H32O4/c1-17(2)8-6-9-18(3)10-7-11-19(4)14-15-27-20-12-13-21(22(24)16-20)23(25)26-5/h8,10,12-14,16,24H,6-7,9,11,15H2,1-5H3/b18-10+,19-14+. The van der Waals surface area contributed by atoms with Gasteiger partial charge in [0.05, 0.1) is 7.11 Å². The Hall–Kier alpha value is -2.49. The van der Waals surface area contributed by atoms with Crippen LogP contribution in [0.4, 0.5) is 0 Å². The quantitative estimate of drug-likeness (QED) is 0.406. The highest BCUT2D eigenvalue weighted by molar-refractivity contribution is 5.92. The second-order valence-corrected chi connectivity index (χ2v) is 6.94. The number of esters is 1. The van der Waals surface area contributed by atoms with Gasteiger partial charge in [0.15, 0.2) is 0 Å². The summed E-state index contributed by atoms with van der Waals surface area (Å²) in [5.74, 6) is -0.202. The van der Waals surface area contributed by atoms with Crippen molar-refractivity contribution < 1.29 is 19.4 Å². The second-order valence-electron chi connectivity index (χ2n) is 6.94. The maximum absolute atomic E-state index is 11.4. The highest BCUT2D eigenvalue weighted by Crippen LogP contribution is 2.24. The van der Waals surface area contributed by atoms with Gasteiger partial charge in [0.25, 0.3) is 0 Å². The van der Waals surface area contributed by atoms with Crippen molar-refractivity contribution in [2.24, 2.45) is 0 Å². The molecule has 148 valence electrons. The fourth-order valence-electron chi connectivity index (χ4n) is 2.50. The van der Waals surface area contributed by atoms with Gasteiger partial charge in [0.2, 0.25) is 0 Å². The van der Waals surface area contributed by atoms with Gasteiger partial charge < -0.3 is 14.6 Å². The summed E-state index contributed by atoms with van der Waals surface area (Å²) in [4.78, 5) is 11.4. The van der Waals surface area contributed by atoms with Crippen LogP contribution < -0.4 is 4.74 Å². The van der Waals surface area contributed by atoms with Crippen LogP contribution >= 0.6 is 0 Å². The number of hydrogen-bond donors (Lipinski definition) is 1. The fourth-order valence-corrected chi connectivity index (χ4v) is 2.50. The predicted molar refractivity (Wildman–Crippen MR) is 110 cm³/mol. The first-order valence-corrected chi connectivity index (χ1v) is 9.32. The minimum Gasteiger partial charge on any atom is -0.507 e. The van der Waals surface area contributed by atoms with E-state index in [0.717, 1.165) is 25.7 Å². The molecule has 0 unspecified atom stereocenters. The Morgan fingerprint density at radius 2 is 1.63 bits per heavy atom. The van der Waals surface area contributed by atoms with E-state index in [1.807, 2.05) is 6.08 Å². The van der Waals surface area contributed by atoms with E-state index in [9.17, 15) is 9.90 Å². The molecule has 0 atom stereocenters. The number of carbonyl (C=O) groups is 1. The van der Waals surface area contributed by atoms with E-state index in [1.54, 1.807) is 6.07 Å². The minimum absolute atomic E-state index is 0.128. The van der Waals surface area contributed by atoms with Crippen molar-refractivity contribution in [2.75, 3.05) is 13.7 Å². The lowest BCUT2D eigenvalue weighted by atomic mass is 10.1. The number of phenolic OH excluding ortho intramolecular Hbond substituents is 1. The molecule has 0 radical (unpaired) electrons. The molecule has 0 amide bonds. The molecule has 4 heteroatoms. The molecule has 1 aromatic rings. The zero-order chi connectivity index (χ0) is 20.2. The summed E-state index contributed by atoms with van der Waals surface area (Å²) in [6.07, 6.45) is 10.9. The van der Waals surface area contributed by atoms with E-state index < -0.39 is 5.97 Å². The van der Waals surface area contributed by atoms with Crippen LogP contribution in [0.25, 0.3) is 0 Å². The van der Waals surface area contributed by atoms with Crippen LogP contribution in [0.15, 0.2) is 53.1 Å². The number of rotatable bonds is 10. The summed E-state index contributed by atoms with van der Waals surface area (Å²) in [6.45, 7) is 8.96. The van der Waals surface area contributed by atoms with Gasteiger partial charge in [-0.1, -0.05) is 28.9 Å². The van der Waals surface area contributed by atoms with Gasteiger partial charge >= 0.3 is 5.97 Å². The third-order valence-corrected chi connectivity index (χ3v) is 4.18. The van der Waals surface area contributed by atoms with Crippen molar-refractivity contribution >= 4 is 5.97 Å². The molecule has 0 aromatic heterocycles. The van der Waals surface area contributed by atoms with E-state index in [1.165, 1.54) is 36.0 Å². The van der Waals surface area contributed by atoms with Crippen LogP contribution in [0.1, 0.15) is 63.7 Å². The summed E-state index contributed by atoms with van der Waals surface area (Å²) < 4.78 is 10.2. The van der Waals surface area contributed by atoms with Gasteiger partial charge in [0.1, 0.15) is 23.7 Å². The third-order valence-electron chi connectivity index (χ3n) is 4.18. The Balaban J connectivity index is 2.41. The van der Waals surface area contributed by atoms with E-state index in [4.69, 9.17) is 4.74 Å². The van der Waals surface area contributed by atoms with E-state index >= 15 is 0 Å². The molecule has 0 aliphatic heterocycles. The lowest BCUT2D eigenvalue weighted by Gasteiger charge is -2.07. The van der Waals surface area contributed by atoms with Gasteiger partial charge in [0, 0.05) is 6.07 Å². The molecule has 27 heavy (non-hydrogen) atoms. The number of carbonyl (C=O) groups excluding carboxylic acids is 1. The Morgan fingerprint density at radius 1 is 1.00 bits per heavy atom. The van der Waals surface area contributed by atoms with Crippen LogP contribution in [0, 0.1) is 0 Å². The molecule has 1 rings (SSSR count). The normalized spacial score (nSPS) is 11.9. The van der Waals surface area contributed by atoms with Crippen molar-refractivity contribution in [3.63, 3.8) is 0 Å². The maximum Gasteiger partial charge on any atom is 0.341 e. The van der Waals surface area contributed by atoms with Crippen LogP contribution in [0.5, 0.6) is 11.5 Å². The minimum atomic E-state index is -0.570. The van der Waals surface area contributed by atoms with Gasteiger partial charge in [-0.05, 0) is 71.6 Å². The number of methoxy groups -OCH3 is 1.